The lowest BCUT2D eigenvalue weighted by molar-refractivity contribution is -0.162. The summed E-state index contributed by atoms with van der Waals surface area (Å²) < 4.78 is 17.4. The van der Waals surface area contributed by atoms with Crippen molar-refractivity contribution < 1.29 is 23.8 Å². The van der Waals surface area contributed by atoms with Crippen molar-refractivity contribution in [1.82, 2.24) is 0 Å². The average molecular weight is 942 g/mol. The van der Waals surface area contributed by atoms with E-state index >= 15 is 0 Å². The lowest BCUT2D eigenvalue weighted by Crippen LogP contribution is -2.30. The number of unbranched alkanes of at least 4 members (excludes halogenated alkanes) is 19. The number of hydrogen-bond donors (Lipinski definition) is 0. The maximum Gasteiger partial charge on any atom is 0.306 e. The largest absolute Gasteiger partial charge is 0.462 e. The predicted molar refractivity (Wildman–Crippen MR) is 297 cm³/mol. The van der Waals surface area contributed by atoms with Gasteiger partial charge in [0.25, 0.3) is 0 Å². The molecule has 0 saturated heterocycles. The predicted octanol–water partition coefficient (Wildman–Crippen LogP) is 19.3. The molecule has 0 rings (SSSR count). The molecule has 0 fully saturated rings. The van der Waals surface area contributed by atoms with E-state index in [0.717, 1.165) is 89.9 Å². The first-order valence-electron chi connectivity index (χ1n) is 28.1. The van der Waals surface area contributed by atoms with Crippen LogP contribution >= 0.6 is 0 Å². The van der Waals surface area contributed by atoms with E-state index in [1.165, 1.54) is 109 Å². The van der Waals surface area contributed by atoms with Crippen LogP contribution in [0.15, 0.2) is 122 Å². The highest BCUT2D eigenvalue weighted by Gasteiger charge is 2.17. The third-order valence-electron chi connectivity index (χ3n) is 11.5. The van der Waals surface area contributed by atoms with Gasteiger partial charge in [-0.2, -0.15) is 0 Å². The van der Waals surface area contributed by atoms with Gasteiger partial charge in [0.2, 0.25) is 0 Å². The molecule has 0 spiro atoms. The van der Waals surface area contributed by atoms with Crippen molar-refractivity contribution in [3.05, 3.63) is 122 Å². The quantitative estimate of drug-likeness (QED) is 0.0345. The number of rotatable bonds is 50. The fourth-order valence-electron chi connectivity index (χ4n) is 7.30. The minimum absolute atomic E-state index is 0.0309. The van der Waals surface area contributed by atoms with E-state index in [0.29, 0.717) is 25.9 Å². The van der Waals surface area contributed by atoms with Crippen molar-refractivity contribution in [2.45, 2.75) is 245 Å². The van der Waals surface area contributed by atoms with E-state index in [1.807, 2.05) is 6.08 Å². The number of esters is 2. The van der Waals surface area contributed by atoms with Gasteiger partial charge < -0.3 is 14.2 Å². The molecule has 1 atom stereocenters. The van der Waals surface area contributed by atoms with Gasteiger partial charge in [0.1, 0.15) is 6.61 Å². The summed E-state index contributed by atoms with van der Waals surface area (Å²) in [5.41, 5.74) is 0. The zero-order chi connectivity index (χ0) is 49.2. The normalized spacial score (nSPS) is 13.2. The monoisotopic (exact) mass is 941 g/mol. The van der Waals surface area contributed by atoms with Gasteiger partial charge in [0.05, 0.1) is 6.61 Å². The van der Waals surface area contributed by atoms with Crippen molar-refractivity contribution >= 4 is 11.9 Å². The van der Waals surface area contributed by atoms with Crippen LogP contribution in [0.4, 0.5) is 0 Å². The number of carbonyl (C=O) groups is 2. The maximum absolute atomic E-state index is 12.8. The molecule has 0 saturated carbocycles. The molecule has 0 aliphatic heterocycles. The Morgan fingerprint density at radius 1 is 0.338 bits per heavy atom. The minimum Gasteiger partial charge on any atom is -0.462 e. The number of hydrogen-bond acceptors (Lipinski definition) is 5. The molecule has 0 N–H and O–H groups in total. The summed E-state index contributed by atoms with van der Waals surface area (Å²) in [6, 6.07) is 0. The van der Waals surface area contributed by atoms with Gasteiger partial charge in [-0.3, -0.25) is 9.59 Å². The maximum atomic E-state index is 12.8. The van der Waals surface area contributed by atoms with Crippen LogP contribution in [0.2, 0.25) is 0 Å². The summed E-state index contributed by atoms with van der Waals surface area (Å²) >= 11 is 0. The summed E-state index contributed by atoms with van der Waals surface area (Å²) in [4.78, 5) is 25.4. The van der Waals surface area contributed by atoms with Crippen LogP contribution in [-0.2, 0) is 23.8 Å². The molecule has 0 aliphatic rings. The molecule has 0 amide bonds. The Hall–Kier alpha value is -3.70. The van der Waals surface area contributed by atoms with Crippen LogP contribution in [0.3, 0.4) is 0 Å². The van der Waals surface area contributed by atoms with Crippen molar-refractivity contribution in [2.75, 3.05) is 19.8 Å². The highest BCUT2D eigenvalue weighted by Crippen LogP contribution is 2.13. The summed E-state index contributed by atoms with van der Waals surface area (Å²) in [6.45, 7) is 7.56. The first-order valence-corrected chi connectivity index (χ1v) is 28.1. The Morgan fingerprint density at radius 3 is 1.16 bits per heavy atom. The van der Waals surface area contributed by atoms with Gasteiger partial charge in [-0.1, -0.05) is 226 Å². The van der Waals surface area contributed by atoms with Crippen LogP contribution in [-0.4, -0.2) is 37.9 Å². The molecule has 1 unspecified atom stereocenters. The van der Waals surface area contributed by atoms with Crippen molar-refractivity contribution in [3.8, 4) is 0 Å². The third-order valence-corrected chi connectivity index (χ3v) is 11.5. The summed E-state index contributed by atoms with van der Waals surface area (Å²) in [6.07, 6.45) is 80.8. The number of carbonyl (C=O) groups excluding carboxylic acids is 2. The standard InChI is InChI=1S/C63H104O5/c1-4-7-10-13-16-19-22-25-27-29-31-33-35-37-40-43-46-49-52-55-58-66-59-61(68-63(65)57-54-51-48-45-42-38-24-21-18-15-12-9-6-3)60-67-62(64)56-53-50-47-44-41-39-36-34-32-30-28-26-23-20-17-14-11-8-5-2/h8,11,16-17,19-21,24-28,31-34,39,41,47,50,61H,4-7,9-10,12-15,18,22-23,29-30,35-38,40,42-46,48-49,51-60H2,1-3H3/b11-8-,19-16-,20-17-,24-21-,27-25-,28-26-,33-31-,34-32-,41-39-,50-47-. The van der Waals surface area contributed by atoms with Gasteiger partial charge in [0.15, 0.2) is 6.10 Å². The molecule has 0 aliphatic carbocycles. The second-order valence-corrected chi connectivity index (χ2v) is 18.1. The molecule has 0 aromatic rings. The Kier molecular flexibility index (Phi) is 54.5. The molecule has 0 aromatic heterocycles. The van der Waals surface area contributed by atoms with E-state index in [2.05, 4.69) is 136 Å². The lowest BCUT2D eigenvalue weighted by atomic mass is 10.1. The first-order chi connectivity index (χ1) is 33.6. The molecule has 68 heavy (non-hydrogen) atoms. The molecule has 386 valence electrons. The Balaban J connectivity index is 4.41. The Morgan fingerprint density at radius 2 is 0.691 bits per heavy atom. The van der Waals surface area contributed by atoms with Crippen molar-refractivity contribution in [1.29, 1.82) is 0 Å². The molecule has 0 radical (unpaired) electrons. The Bertz CT molecular complexity index is 1390. The zero-order valence-electron chi connectivity index (χ0n) is 44.3. The van der Waals surface area contributed by atoms with E-state index in [-0.39, 0.29) is 25.2 Å². The van der Waals surface area contributed by atoms with Gasteiger partial charge in [-0.25, -0.2) is 0 Å². The fraction of sp³-hybridized carbons (Fsp3) is 0.651. The number of allylic oxidation sites excluding steroid dienone is 20. The smallest absolute Gasteiger partial charge is 0.306 e. The minimum atomic E-state index is -0.585. The molecule has 0 heterocycles. The van der Waals surface area contributed by atoms with Crippen molar-refractivity contribution in [3.63, 3.8) is 0 Å². The van der Waals surface area contributed by atoms with Gasteiger partial charge in [0, 0.05) is 19.4 Å². The molecule has 0 bridgehead atoms. The van der Waals surface area contributed by atoms with Crippen LogP contribution < -0.4 is 0 Å². The van der Waals surface area contributed by atoms with Crippen LogP contribution in [0.25, 0.3) is 0 Å². The molecule has 5 heteroatoms. The first kappa shape index (κ1) is 64.3. The topological polar surface area (TPSA) is 61.8 Å². The third kappa shape index (κ3) is 54.9. The second kappa shape index (κ2) is 57.6. The summed E-state index contributed by atoms with van der Waals surface area (Å²) in [7, 11) is 0. The van der Waals surface area contributed by atoms with E-state index in [9.17, 15) is 9.59 Å². The number of ether oxygens (including phenoxy) is 3. The lowest BCUT2D eigenvalue weighted by Gasteiger charge is -2.18. The van der Waals surface area contributed by atoms with E-state index in [4.69, 9.17) is 14.2 Å². The highest BCUT2D eigenvalue weighted by molar-refractivity contribution is 5.70. The van der Waals surface area contributed by atoms with E-state index in [1.54, 1.807) is 0 Å². The second-order valence-electron chi connectivity index (χ2n) is 18.1. The van der Waals surface area contributed by atoms with Gasteiger partial charge >= 0.3 is 11.9 Å². The SMILES string of the molecule is CC/C=C\C/C=C\C/C=C\C/C=C\C/C=C\C/C=C\CCC(=O)OCC(COCCCCCCCCC/C=C\C/C=C\C/C=C\CCCCC)OC(=O)CCCCCCC/C=C\CCCCCC. The van der Waals surface area contributed by atoms with Crippen molar-refractivity contribution in [2.24, 2.45) is 0 Å². The summed E-state index contributed by atoms with van der Waals surface area (Å²) in [5.74, 6) is -0.514. The fourth-order valence-corrected chi connectivity index (χ4v) is 7.30. The average Bonchev–Trinajstić information content (AvgIpc) is 3.34. The molecular formula is C63H104O5. The molecular weight excluding hydrogens is 837 g/mol. The van der Waals surface area contributed by atoms with Gasteiger partial charge in [-0.15, -0.1) is 0 Å². The van der Waals surface area contributed by atoms with E-state index < -0.39 is 6.10 Å². The zero-order valence-corrected chi connectivity index (χ0v) is 44.3. The highest BCUT2D eigenvalue weighted by atomic mass is 16.6. The Labute approximate surface area is 420 Å². The molecule has 0 aromatic carbocycles. The van der Waals surface area contributed by atoms with Gasteiger partial charge in [-0.05, 0) is 122 Å². The van der Waals surface area contributed by atoms with Crippen LogP contribution in [0, 0.1) is 0 Å². The molecule has 5 nitrogen and oxygen atoms in total. The van der Waals surface area contributed by atoms with Crippen LogP contribution in [0.5, 0.6) is 0 Å². The summed E-state index contributed by atoms with van der Waals surface area (Å²) in [5, 5.41) is 0. The van der Waals surface area contributed by atoms with Crippen LogP contribution in [0.1, 0.15) is 239 Å².